The predicted octanol–water partition coefficient (Wildman–Crippen LogP) is 3.40. The molecule has 3 aromatic rings. The lowest BCUT2D eigenvalue weighted by atomic mass is 9.92. The number of benzene rings is 2. The molecule has 2 heterocycles. The molecular formula is C18H14FN3O2S. The number of nitrogens with one attached hydrogen (secondary N) is 1. The lowest BCUT2D eigenvalue weighted by Gasteiger charge is -2.22. The molecule has 2 aromatic carbocycles. The zero-order valence-corrected chi connectivity index (χ0v) is 14.1. The number of para-hydroxylation sites is 1. The van der Waals surface area contributed by atoms with E-state index in [9.17, 15) is 14.0 Å². The van der Waals surface area contributed by atoms with Gasteiger partial charge in [-0.2, -0.15) is 0 Å². The first-order valence-corrected chi connectivity index (χ1v) is 8.53. The molecule has 3 amide bonds. The zero-order valence-electron chi connectivity index (χ0n) is 13.3. The quantitative estimate of drug-likeness (QED) is 0.733. The molecule has 25 heavy (non-hydrogen) atoms. The number of halogens is 1. The van der Waals surface area contributed by atoms with Crippen molar-refractivity contribution < 1.29 is 14.0 Å². The van der Waals surface area contributed by atoms with Crippen LogP contribution in [-0.2, 0) is 16.9 Å². The largest absolute Gasteiger partial charge is 0.325 e. The van der Waals surface area contributed by atoms with E-state index in [4.69, 9.17) is 0 Å². The van der Waals surface area contributed by atoms with Crippen molar-refractivity contribution in [2.45, 2.75) is 19.0 Å². The van der Waals surface area contributed by atoms with Gasteiger partial charge in [0.2, 0.25) is 0 Å². The van der Waals surface area contributed by atoms with Gasteiger partial charge >= 0.3 is 6.03 Å². The van der Waals surface area contributed by atoms with Crippen LogP contribution >= 0.6 is 11.3 Å². The molecule has 1 aliphatic heterocycles. The second kappa shape index (κ2) is 5.63. The predicted molar refractivity (Wildman–Crippen MR) is 92.5 cm³/mol. The summed E-state index contributed by atoms with van der Waals surface area (Å²) in [5.41, 5.74) is 0.177. The molecule has 126 valence electrons. The van der Waals surface area contributed by atoms with Gasteiger partial charge in [-0.05, 0) is 36.8 Å². The fourth-order valence-corrected chi connectivity index (χ4v) is 3.90. The molecule has 0 aliphatic carbocycles. The molecule has 1 aliphatic rings. The highest BCUT2D eigenvalue weighted by atomic mass is 32.1. The molecule has 7 heteroatoms. The number of rotatable bonds is 3. The number of fused-ring (bicyclic) bond motifs is 1. The Morgan fingerprint density at radius 1 is 1.16 bits per heavy atom. The number of imide groups is 1. The number of hydrogen-bond donors (Lipinski definition) is 1. The van der Waals surface area contributed by atoms with Crippen molar-refractivity contribution in [3.05, 3.63) is 64.9 Å². The van der Waals surface area contributed by atoms with E-state index in [1.807, 2.05) is 24.3 Å². The molecular weight excluding hydrogens is 341 g/mol. The molecule has 1 fully saturated rings. The van der Waals surface area contributed by atoms with Gasteiger partial charge in [0.15, 0.2) is 0 Å². The van der Waals surface area contributed by atoms with Crippen molar-refractivity contribution in [3.63, 3.8) is 0 Å². The Labute approximate surface area is 147 Å². The van der Waals surface area contributed by atoms with Gasteiger partial charge in [0.05, 0.1) is 16.8 Å². The van der Waals surface area contributed by atoms with Crippen LogP contribution < -0.4 is 5.32 Å². The summed E-state index contributed by atoms with van der Waals surface area (Å²) < 4.78 is 14.2. The fourth-order valence-electron chi connectivity index (χ4n) is 2.94. The van der Waals surface area contributed by atoms with E-state index >= 15 is 0 Å². The molecule has 1 unspecified atom stereocenters. The van der Waals surface area contributed by atoms with E-state index in [1.165, 1.54) is 35.6 Å². The van der Waals surface area contributed by atoms with Crippen LogP contribution in [0, 0.1) is 5.82 Å². The van der Waals surface area contributed by atoms with E-state index in [0.717, 1.165) is 15.1 Å². The second-order valence-corrected chi connectivity index (χ2v) is 7.14. The smallest absolute Gasteiger partial charge is 0.319 e. The summed E-state index contributed by atoms with van der Waals surface area (Å²) in [6.45, 7) is 1.74. The first-order valence-electron chi connectivity index (χ1n) is 7.72. The summed E-state index contributed by atoms with van der Waals surface area (Å²) in [6.07, 6.45) is 0. The molecule has 1 aromatic heterocycles. The van der Waals surface area contributed by atoms with Crippen LogP contribution in [0.15, 0.2) is 48.5 Å². The molecule has 0 saturated carbocycles. The third-order valence-corrected chi connectivity index (χ3v) is 5.35. The van der Waals surface area contributed by atoms with Crippen LogP contribution in [0.2, 0.25) is 0 Å². The number of amides is 3. The summed E-state index contributed by atoms with van der Waals surface area (Å²) in [7, 11) is 0. The minimum absolute atomic E-state index is 0.112. The van der Waals surface area contributed by atoms with Crippen LogP contribution in [0.25, 0.3) is 10.2 Å². The minimum Gasteiger partial charge on any atom is -0.319 e. The van der Waals surface area contributed by atoms with Gasteiger partial charge in [0, 0.05) is 0 Å². The average molecular weight is 355 g/mol. The van der Waals surface area contributed by atoms with Crippen LogP contribution in [-0.4, -0.2) is 21.8 Å². The Bertz CT molecular complexity index is 952. The fraction of sp³-hybridized carbons (Fsp3) is 0.167. The Hall–Kier alpha value is -2.80. The van der Waals surface area contributed by atoms with E-state index in [0.29, 0.717) is 10.6 Å². The van der Waals surface area contributed by atoms with Crippen LogP contribution in [0.5, 0.6) is 0 Å². The van der Waals surface area contributed by atoms with Crippen molar-refractivity contribution in [2.75, 3.05) is 0 Å². The molecule has 4 rings (SSSR count). The van der Waals surface area contributed by atoms with Crippen molar-refractivity contribution in [1.29, 1.82) is 0 Å². The van der Waals surface area contributed by atoms with Crippen LogP contribution in [0.1, 0.15) is 17.5 Å². The maximum Gasteiger partial charge on any atom is 0.325 e. The van der Waals surface area contributed by atoms with Crippen molar-refractivity contribution in [1.82, 2.24) is 15.2 Å². The number of carbonyl (C=O) groups is 2. The van der Waals surface area contributed by atoms with E-state index in [2.05, 4.69) is 10.3 Å². The maximum atomic E-state index is 13.1. The first-order chi connectivity index (χ1) is 12.0. The van der Waals surface area contributed by atoms with Crippen molar-refractivity contribution in [3.8, 4) is 0 Å². The summed E-state index contributed by atoms with van der Waals surface area (Å²) in [4.78, 5) is 30.9. The number of hydrogen-bond acceptors (Lipinski definition) is 4. The molecule has 1 saturated heterocycles. The second-order valence-electron chi connectivity index (χ2n) is 6.03. The monoisotopic (exact) mass is 355 g/mol. The normalized spacial score (nSPS) is 20.3. The first kappa shape index (κ1) is 15.7. The van der Waals surface area contributed by atoms with Gasteiger partial charge in [0.1, 0.15) is 16.4 Å². The highest BCUT2D eigenvalue weighted by Gasteiger charge is 2.49. The third kappa shape index (κ3) is 2.56. The SMILES string of the molecule is CC1(c2ccc(F)cc2)NC(=O)N(Cc2nc3ccccc3s2)C1=O. The minimum atomic E-state index is -1.21. The van der Waals surface area contributed by atoms with Gasteiger partial charge < -0.3 is 5.32 Å². The number of nitrogens with zero attached hydrogens (tertiary/aromatic N) is 2. The summed E-state index contributed by atoms with van der Waals surface area (Å²) in [5, 5.41) is 3.40. The third-order valence-electron chi connectivity index (χ3n) is 4.33. The molecule has 5 nitrogen and oxygen atoms in total. The van der Waals surface area contributed by atoms with E-state index in [1.54, 1.807) is 6.92 Å². The molecule has 1 atom stereocenters. The van der Waals surface area contributed by atoms with Crippen LogP contribution in [0.4, 0.5) is 9.18 Å². The zero-order chi connectivity index (χ0) is 17.6. The number of aromatic nitrogens is 1. The Balaban J connectivity index is 1.63. The molecule has 1 N–H and O–H groups in total. The Morgan fingerprint density at radius 2 is 1.88 bits per heavy atom. The highest BCUT2D eigenvalue weighted by molar-refractivity contribution is 7.18. The summed E-state index contributed by atoms with van der Waals surface area (Å²) in [5.74, 6) is -0.765. The molecule has 0 spiro atoms. The summed E-state index contributed by atoms with van der Waals surface area (Å²) in [6, 6.07) is 12.7. The van der Waals surface area contributed by atoms with Crippen molar-refractivity contribution >= 4 is 33.5 Å². The standard InChI is InChI=1S/C18H14FN3O2S/c1-18(11-6-8-12(19)9-7-11)16(23)22(17(24)21-18)10-15-20-13-4-2-3-5-14(13)25-15/h2-9H,10H2,1H3,(H,21,24). The lowest BCUT2D eigenvalue weighted by Crippen LogP contribution is -2.40. The van der Waals surface area contributed by atoms with Gasteiger partial charge in [-0.3, -0.25) is 9.69 Å². The number of carbonyl (C=O) groups excluding carboxylic acids is 2. The van der Waals surface area contributed by atoms with Gasteiger partial charge in [-0.25, -0.2) is 14.2 Å². The van der Waals surface area contributed by atoms with Gasteiger partial charge in [-0.1, -0.05) is 24.3 Å². The Kier molecular flexibility index (Phi) is 3.54. The molecule has 0 bridgehead atoms. The lowest BCUT2D eigenvalue weighted by molar-refractivity contribution is -0.131. The maximum absolute atomic E-state index is 13.1. The van der Waals surface area contributed by atoms with E-state index in [-0.39, 0.29) is 12.5 Å². The average Bonchev–Trinajstić information content (AvgIpc) is 3.10. The number of urea groups is 1. The number of thiazole rings is 1. The topological polar surface area (TPSA) is 62.3 Å². The van der Waals surface area contributed by atoms with Crippen LogP contribution in [0.3, 0.4) is 0 Å². The Morgan fingerprint density at radius 3 is 2.60 bits per heavy atom. The van der Waals surface area contributed by atoms with E-state index < -0.39 is 17.4 Å². The molecule has 0 radical (unpaired) electrons. The van der Waals surface area contributed by atoms with Gasteiger partial charge in [-0.15, -0.1) is 11.3 Å². The highest BCUT2D eigenvalue weighted by Crippen LogP contribution is 2.31. The van der Waals surface area contributed by atoms with Gasteiger partial charge in [0.25, 0.3) is 5.91 Å². The van der Waals surface area contributed by atoms with Crippen molar-refractivity contribution in [2.24, 2.45) is 0 Å². The summed E-state index contributed by atoms with van der Waals surface area (Å²) >= 11 is 1.45.